The topological polar surface area (TPSA) is 95.0 Å². The predicted octanol–water partition coefficient (Wildman–Crippen LogP) is 3.64. The van der Waals surface area contributed by atoms with Crippen LogP contribution in [0, 0.1) is 11.7 Å². The molecule has 182 valence electrons. The Hall–Kier alpha value is -3.46. The lowest BCUT2D eigenvalue weighted by atomic mass is 10.00. The van der Waals surface area contributed by atoms with Crippen LogP contribution in [0.2, 0.25) is 0 Å². The third-order valence-corrected chi connectivity index (χ3v) is 5.82. The number of ether oxygens (including phenoxy) is 1. The Labute approximate surface area is 199 Å². The number of rotatable bonds is 6. The van der Waals surface area contributed by atoms with Crippen molar-refractivity contribution in [2.24, 2.45) is 5.92 Å². The van der Waals surface area contributed by atoms with Gasteiger partial charge in [0.15, 0.2) is 0 Å². The fourth-order valence-electron chi connectivity index (χ4n) is 3.75. The van der Waals surface area contributed by atoms with Gasteiger partial charge in [-0.05, 0) is 37.6 Å². The first-order valence-corrected chi connectivity index (χ1v) is 11.2. The number of carbonyl (C=O) groups excluding carboxylic acids is 2. The SMILES string of the molecule is C/C=C/c1cnc2c(c1)C(=O)N([C@H](C)CO)C[C@@H](C)[C@H](CN(C)C(=O)Nc1ccccc1F)O2. The van der Waals surface area contributed by atoms with Crippen LogP contribution in [0.25, 0.3) is 6.08 Å². The van der Waals surface area contributed by atoms with Crippen LogP contribution in [0.15, 0.2) is 42.6 Å². The number of nitrogens with one attached hydrogen (secondary N) is 1. The number of likely N-dealkylation sites (N-methyl/N-ethyl adjacent to an activating group) is 1. The van der Waals surface area contributed by atoms with E-state index in [9.17, 15) is 19.1 Å². The summed E-state index contributed by atoms with van der Waals surface area (Å²) in [7, 11) is 1.59. The zero-order chi connectivity index (χ0) is 24.8. The molecule has 3 amide bonds. The number of allylic oxidation sites excluding steroid dienone is 1. The van der Waals surface area contributed by atoms with E-state index in [1.807, 2.05) is 26.0 Å². The average Bonchev–Trinajstić information content (AvgIpc) is 2.82. The number of halogens is 1. The molecular weight excluding hydrogens is 439 g/mol. The van der Waals surface area contributed by atoms with E-state index < -0.39 is 24.0 Å². The van der Waals surface area contributed by atoms with Gasteiger partial charge in [0.25, 0.3) is 5.91 Å². The average molecular weight is 471 g/mol. The summed E-state index contributed by atoms with van der Waals surface area (Å²) in [6.07, 6.45) is 4.79. The lowest BCUT2D eigenvalue weighted by molar-refractivity contribution is 0.0356. The van der Waals surface area contributed by atoms with E-state index in [-0.39, 0.29) is 36.5 Å². The number of para-hydroxylation sites is 1. The number of anilines is 1. The van der Waals surface area contributed by atoms with Crippen molar-refractivity contribution in [1.29, 1.82) is 0 Å². The van der Waals surface area contributed by atoms with Crippen LogP contribution in [0.4, 0.5) is 14.9 Å². The van der Waals surface area contributed by atoms with Gasteiger partial charge in [-0.1, -0.05) is 31.2 Å². The minimum atomic E-state index is -0.526. The first-order valence-electron chi connectivity index (χ1n) is 11.2. The van der Waals surface area contributed by atoms with Crippen molar-refractivity contribution in [2.75, 3.05) is 32.1 Å². The Balaban J connectivity index is 1.87. The summed E-state index contributed by atoms with van der Waals surface area (Å²) in [6.45, 7) is 5.87. The molecule has 2 heterocycles. The van der Waals surface area contributed by atoms with Crippen molar-refractivity contribution in [3.05, 3.63) is 59.5 Å². The van der Waals surface area contributed by atoms with E-state index in [1.54, 1.807) is 43.3 Å². The molecule has 34 heavy (non-hydrogen) atoms. The second-order valence-corrected chi connectivity index (χ2v) is 8.53. The van der Waals surface area contributed by atoms with Gasteiger partial charge in [-0.25, -0.2) is 14.2 Å². The van der Waals surface area contributed by atoms with Crippen LogP contribution in [0.5, 0.6) is 5.88 Å². The van der Waals surface area contributed by atoms with Crippen LogP contribution in [-0.4, -0.2) is 70.7 Å². The molecule has 0 spiro atoms. The molecule has 3 rings (SSSR count). The molecule has 1 aliphatic rings. The van der Waals surface area contributed by atoms with E-state index >= 15 is 0 Å². The summed E-state index contributed by atoms with van der Waals surface area (Å²) < 4.78 is 20.1. The normalized spacial score (nSPS) is 19.1. The summed E-state index contributed by atoms with van der Waals surface area (Å²) in [6, 6.07) is 6.75. The Bertz CT molecular complexity index is 1060. The molecule has 0 saturated carbocycles. The van der Waals surface area contributed by atoms with Gasteiger partial charge in [0.1, 0.15) is 17.5 Å². The molecule has 2 aromatic rings. The van der Waals surface area contributed by atoms with Gasteiger partial charge in [-0.2, -0.15) is 0 Å². The second kappa shape index (κ2) is 11.1. The number of nitrogens with zero attached hydrogens (tertiary/aromatic N) is 3. The highest BCUT2D eigenvalue weighted by Crippen LogP contribution is 2.28. The quantitative estimate of drug-likeness (QED) is 0.672. The third-order valence-electron chi connectivity index (χ3n) is 5.82. The van der Waals surface area contributed by atoms with E-state index in [0.717, 1.165) is 5.56 Å². The molecule has 1 aromatic heterocycles. The second-order valence-electron chi connectivity index (χ2n) is 8.53. The number of benzene rings is 1. The predicted molar refractivity (Wildman–Crippen MR) is 128 cm³/mol. The van der Waals surface area contributed by atoms with Gasteiger partial charge in [0.2, 0.25) is 5.88 Å². The number of urea groups is 1. The summed E-state index contributed by atoms with van der Waals surface area (Å²) >= 11 is 0. The zero-order valence-corrected chi connectivity index (χ0v) is 19.9. The highest BCUT2D eigenvalue weighted by molar-refractivity contribution is 5.97. The maximum atomic E-state index is 13.9. The number of aromatic nitrogens is 1. The molecule has 1 aliphatic heterocycles. The Kier molecular flexibility index (Phi) is 8.22. The minimum Gasteiger partial charge on any atom is -0.472 e. The number of fused-ring (bicyclic) bond motifs is 1. The largest absolute Gasteiger partial charge is 0.472 e. The third kappa shape index (κ3) is 5.72. The maximum absolute atomic E-state index is 13.9. The monoisotopic (exact) mass is 470 g/mol. The summed E-state index contributed by atoms with van der Waals surface area (Å²) in [4.78, 5) is 33.4. The van der Waals surface area contributed by atoms with Gasteiger partial charge >= 0.3 is 6.03 Å². The van der Waals surface area contributed by atoms with E-state index in [4.69, 9.17) is 4.74 Å². The number of aliphatic hydroxyl groups excluding tert-OH is 1. The lowest BCUT2D eigenvalue weighted by Gasteiger charge is -2.37. The van der Waals surface area contributed by atoms with Gasteiger partial charge in [-0.15, -0.1) is 0 Å². The van der Waals surface area contributed by atoms with E-state index in [2.05, 4.69) is 10.3 Å². The highest BCUT2D eigenvalue weighted by atomic mass is 19.1. The molecule has 0 bridgehead atoms. The molecule has 0 unspecified atom stereocenters. The minimum absolute atomic E-state index is 0.0862. The van der Waals surface area contributed by atoms with E-state index in [1.165, 1.54) is 17.0 Å². The van der Waals surface area contributed by atoms with Crippen molar-refractivity contribution in [2.45, 2.75) is 32.9 Å². The fourth-order valence-corrected chi connectivity index (χ4v) is 3.75. The molecule has 0 saturated heterocycles. The maximum Gasteiger partial charge on any atom is 0.321 e. The van der Waals surface area contributed by atoms with Crippen LogP contribution >= 0.6 is 0 Å². The molecule has 0 radical (unpaired) electrons. The van der Waals surface area contributed by atoms with Crippen molar-refractivity contribution in [3.63, 3.8) is 0 Å². The smallest absolute Gasteiger partial charge is 0.321 e. The molecule has 2 N–H and O–H groups in total. The lowest BCUT2D eigenvalue weighted by Crippen LogP contribution is -2.50. The highest BCUT2D eigenvalue weighted by Gasteiger charge is 2.34. The van der Waals surface area contributed by atoms with E-state index in [0.29, 0.717) is 12.1 Å². The Morgan fingerprint density at radius 1 is 1.44 bits per heavy atom. The fraction of sp³-hybridized carbons (Fsp3) is 0.400. The number of amides is 3. The van der Waals surface area contributed by atoms with Crippen molar-refractivity contribution >= 4 is 23.7 Å². The summed E-state index contributed by atoms with van der Waals surface area (Å²) in [5, 5.41) is 12.3. The molecule has 0 aliphatic carbocycles. The van der Waals surface area contributed by atoms with Crippen molar-refractivity contribution in [3.8, 4) is 5.88 Å². The standard InChI is InChI=1S/C25H31FN4O4/c1-5-8-18-11-19-23(27-12-18)34-22(16(2)13-30(24(19)32)17(3)15-31)14-29(4)25(33)28-21-10-7-6-9-20(21)26/h5-12,16-17,22,31H,13-15H2,1-4H3,(H,28,33)/b8-5+/t16-,17-,22+/m1/s1. The summed E-state index contributed by atoms with van der Waals surface area (Å²) in [5.74, 6) is -0.812. The van der Waals surface area contributed by atoms with Crippen LogP contribution in [-0.2, 0) is 0 Å². The van der Waals surface area contributed by atoms with Gasteiger partial charge in [-0.3, -0.25) is 4.79 Å². The first-order chi connectivity index (χ1) is 16.2. The van der Waals surface area contributed by atoms with Crippen LogP contribution in [0.3, 0.4) is 0 Å². The number of pyridine rings is 1. The Morgan fingerprint density at radius 2 is 2.18 bits per heavy atom. The summed E-state index contributed by atoms with van der Waals surface area (Å²) in [5.41, 5.74) is 1.13. The van der Waals surface area contributed by atoms with Gasteiger partial charge in [0.05, 0.1) is 24.9 Å². The molecule has 9 heteroatoms. The molecular formula is C25H31FN4O4. The first kappa shape index (κ1) is 25.2. The molecule has 3 atom stereocenters. The van der Waals surface area contributed by atoms with Crippen molar-refractivity contribution in [1.82, 2.24) is 14.8 Å². The number of aliphatic hydroxyl groups is 1. The van der Waals surface area contributed by atoms with Crippen molar-refractivity contribution < 1.29 is 23.8 Å². The molecule has 0 fully saturated rings. The van der Waals surface area contributed by atoms with Gasteiger partial charge < -0.3 is 25.0 Å². The number of carbonyl (C=O) groups is 2. The Morgan fingerprint density at radius 3 is 2.85 bits per heavy atom. The van der Waals surface area contributed by atoms with Gasteiger partial charge in [0, 0.05) is 25.7 Å². The van der Waals surface area contributed by atoms with Crippen LogP contribution in [0.1, 0.15) is 36.7 Å². The molecule has 1 aromatic carbocycles. The zero-order valence-electron chi connectivity index (χ0n) is 19.9. The molecule has 8 nitrogen and oxygen atoms in total. The van der Waals surface area contributed by atoms with Crippen LogP contribution < -0.4 is 10.1 Å². The number of hydrogen-bond acceptors (Lipinski definition) is 5. The number of hydrogen-bond donors (Lipinski definition) is 2.